The minimum atomic E-state index is -0.954. The molecule has 0 spiro atoms. The van der Waals surface area contributed by atoms with Crippen molar-refractivity contribution in [2.45, 2.75) is 40.2 Å². The van der Waals surface area contributed by atoms with Crippen LogP contribution in [0.4, 0.5) is 0 Å². The third-order valence-electron chi connectivity index (χ3n) is 2.68. The Labute approximate surface area is 105 Å². The van der Waals surface area contributed by atoms with Crippen molar-refractivity contribution in [2.24, 2.45) is 5.41 Å². The molecule has 0 aliphatic rings. The highest BCUT2D eigenvalue weighted by Crippen LogP contribution is 2.22. The first-order chi connectivity index (χ1) is 8.21. The molecule has 0 fully saturated rings. The first-order valence-electron chi connectivity index (χ1n) is 5.64. The smallest absolute Gasteiger partial charge is 0.305 e. The molecular formula is C12H18N2O4. The van der Waals surface area contributed by atoms with E-state index in [0.717, 1.165) is 0 Å². The fourth-order valence-electron chi connectivity index (χ4n) is 1.49. The molecule has 0 aliphatic heterocycles. The van der Waals surface area contributed by atoms with Crippen LogP contribution >= 0.6 is 0 Å². The largest absolute Gasteiger partial charge is 0.481 e. The minimum Gasteiger partial charge on any atom is -0.481 e. The number of nitrogens with zero attached hydrogens (tertiary/aromatic N) is 1. The number of rotatable bonds is 4. The predicted molar refractivity (Wildman–Crippen MR) is 64.2 cm³/mol. The maximum absolute atomic E-state index is 11.9. The van der Waals surface area contributed by atoms with Crippen molar-refractivity contribution in [3.63, 3.8) is 0 Å². The number of aliphatic carboxylic acids is 1. The molecule has 0 aromatic carbocycles. The van der Waals surface area contributed by atoms with Crippen LogP contribution in [0.1, 0.15) is 43.4 Å². The highest BCUT2D eigenvalue weighted by molar-refractivity contribution is 5.92. The summed E-state index contributed by atoms with van der Waals surface area (Å²) in [7, 11) is 0. The normalized spacial score (nSPS) is 13.1. The lowest BCUT2D eigenvalue weighted by Gasteiger charge is -2.30. The van der Waals surface area contributed by atoms with E-state index in [9.17, 15) is 9.59 Å². The molecule has 1 amide bonds. The molecule has 1 atom stereocenters. The number of hydrogen-bond acceptors (Lipinski definition) is 4. The van der Waals surface area contributed by atoms with Gasteiger partial charge in [0.15, 0.2) is 6.39 Å². The van der Waals surface area contributed by atoms with E-state index >= 15 is 0 Å². The van der Waals surface area contributed by atoms with E-state index in [1.54, 1.807) is 6.92 Å². The van der Waals surface area contributed by atoms with Gasteiger partial charge in [-0.15, -0.1) is 0 Å². The molecule has 1 aromatic rings. The number of carbonyl (C=O) groups is 2. The van der Waals surface area contributed by atoms with Gasteiger partial charge in [0.25, 0.3) is 5.91 Å². The van der Waals surface area contributed by atoms with Gasteiger partial charge in [0.2, 0.25) is 5.76 Å². The summed E-state index contributed by atoms with van der Waals surface area (Å²) in [5.74, 6) is -1.27. The van der Waals surface area contributed by atoms with Crippen LogP contribution in [0.5, 0.6) is 0 Å². The van der Waals surface area contributed by atoms with Crippen LogP contribution in [-0.2, 0) is 4.79 Å². The van der Waals surface area contributed by atoms with Gasteiger partial charge in [-0.1, -0.05) is 20.8 Å². The molecule has 2 N–H and O–H groups in total. The SMILES string of the molecule is Cc1ncoc1C(=O)NC(CC(=O)O)C(C)(C)C. The standard InChI is InChI=1S/C12H18N2O4/c1-7-10(18-6-13-7)11(17)14-8(5-9(15)16)12(2,3)4/h6,8H,5H2,1-4H3,(H,14,17)(H,15,16). The van der Waals surface area contributed by atoms with Crippen molar-refractivity contribution in [3.05, 3.63) is 17.8 Å². The number of aryl methyl sites for hydroxylation is 1. The topological polar surface area (TPSA) is 92.4 Å². The Hall–Kier alpha value is -1.85. The molecule has 0 saturated carbocycles. The Kier molecular flexibility index (Phi) is 4.11. The zero-order chi connectivity index (χ0) is 13.9. The Morgan fingerprint density at radius 1 is 1.50 bits per heavy atom. The van der Waals surface area contributed by atoms with Crippen molar-refractivity contribution >= 4 is 11.9 Å². The zero-order valence-corrected chi connectivity index (χ0v) is 11.0. The maximum Gasteiger partial charge on any atom is 0.305 e. The van der Waals surface area contributed by atoms with Gasteiger partial charge in [-0.3, -0.25) is 9.59 Å². The molecule has 0 aliphatic carbocycles. The average molecular weight is 254 g/mol. The van der Waals surface area contributed by atoms with Crippen LogP contribution in [0.3, 0.4) is 0 Å². The molecule has 1 aromatic heterocycles. The second-order valence-electron chi connectivity index (χ2n) is 5.26. The third kappa shape index (κ3) is 3.58. The van der Waals surface area contributed by atoms with Gasteiger partial charge in [-0.25, -0.2) is 4.98 Å². The minimum absolute atomic E-state index is 0.120. The summed E-state index contributed by atoms with van der Waals surface area (Å²) in [6.07, 6.45) is 1.05. The highest BCUT2D eigenvalue weighted by Gasteiger charge is 2.30. The molecule has 6 nitrogen and oxygen atoms in total. The number of nitrogens with one attached hydrogen (secondary N) is 1. The Bertz CT molecular complexity index is 445. The lowest BCUT2D eigenvalue weighted by atomic mass is 9.84. The zero-order valence-electron chi connectivity index (χ0n) is 11.0. The molecule has 100 valence electrons. The number of amides is 1. The highest BCUT2D eigenvalue weighted by atomic mass is 16.4. The van der Waals surface area contributed by atoms with Gasteiger partial charge < -0.3 is 14.8 Å². The summed E-state index contributed by atoms with van der Waals surface area (Å²) in [5, 5.41) is 11.5. The van der Waals surface area contributed by atoms with Crippen molar-refractivity contribution in [1.29, 1.82) is 0 Å². The van der Waals surface area contributed by atoms with E-state index in [1.807, 2.05) is 20.8 Å². The second-order valence-corrected chi connectivity index (χ2v) is 5.26. The second kappa shape index (κ2) is 5.20. The van der Waals surface area contributed by atoms with E-state index in [4.69, 9.17) is 9.52 Å². The van der Waals surface area contributed by atoms with Crippen molar-refractivity contribution < 1.29 is 19.1 Å². The van der Waals surface area contributed by atoms with Crippen LogP contribution in [0, 0.1) is 12.3 Å². The predicted octanol–water partition coefficient (Wildman–Crippen LogP) is 1.60. The van der Waals surface area contributed by atoms with Crippen molar-refractivity contribution in [2.75, 3.05) is 0 Å². The number of carboxylic acid groups (broad SMARTS) is 1. The number of oxazole rings is 1. The monoisotopic (exact) mass is 254 g/mol. The van der Waals surface area contributed by atoms with Crippen LogP contribution < -0.4 is 5.32 Å². The van der Waals surface area contributed by atoms with Crippen LogP contribution in [-0.4, -0.2) is 28.0 Å². The Balaban J connectivity index is 2.82. The van der Waals surface area contributed by atoms with E-state index in [1.165, 1.54) is 6.39 Å². The lowest BCUT2D eigenvalue weighted by Crippen LogP contribution is -2.45. The van der Waals surface area contributed by atoms with Gasteiger partial charge >= 0.3 is 5.97 Å². The molecule has 0 saturated heterocycles. The van der Waals surface area contributed by atoms with Crippen LogP contribution in [0.2, 0.25) is 0 Å². The summed E-state index contributed by atoms with van der Waals surface area (Å²) in [4.78, 5) is 26.6. The summed E-state index contributed by atoms with van der Waals surface area (Å²) in [5.41, 5.74) is 0.123. The van der Waals surface area contributed by atoms with E-state index in [-0.39, 0.29) is 17.6 Å². The summed E-state index contributed by atoms with van der Waals surface area (Å²) in [6.45, 7) is 7.26. The van der Waals surface area contributed by atoms with Crippen molar-refractivity contribution in [1.82, 2.24) is 10.3 Å². The Morgan fingerprint density at radius 2 is 2.11 bits per heavy atom. The molecule has 1 heterocycles. The molecule has 0 bridgehead atoms. The van der Waals surface area contributed by atoms with Crippen molar-refractivity contribution in [3.8, 4) is 0 Å². The van der Waals surface area contributed by atoms with Gasteiger partial charge in [-0.05, 0) is 12.3 Å². The first-order valence-corrected chi connectivity index (χ1v) is 5.64. The van der Waals surface area contributed by atoms with Gasteiger partial charge in [-0.2, -0.15) is 0 Å². The fraction of sp³-hybridized carbons (Fsp3) is 0.583. The van der Waals surface area contributed by atoms with Gasteiger partial charge in [0.1, 0.15) is 0 Å². The summed E-state index contributed by atoms with van der Waals surface area (Å²) >= 11 is 0. The molecule has 6 heteroatoms. The maximum atomic E-state index is 11.9. The average Bonchev–Trinajstić information content (AvgIpc) is 2.61. The van der Waals surface area contributed by atoms with Crippen LogP contribution in [0.25, 0.3) is 0 Å². The summed E-state index contributed by atoms with van der Waals surface area (Å²) < 4.78 is 4.97. The number of carboxylic acids is 1. The van der Waals surface area contributed by atoms with Crippen LogP contribution in [0.15, 0.2) is 10.8 Å². The lowest BCUT2D eigenvalue weighted by molar-refractivity contribution is -0.138. The molecule has 18 heavy (non-hydrogen) atoms. The molecule has 0 radical (unpaired) electrons. The van der Waals surface area contributed by atoms with E-state index in [2.05, 4.69) is 10.3 Å². The number of hydrogen-bond donors (Lipinski definition) is 2. The molecule has 1 unspecified atom stereocenters. The Morgan fingerprint density at radius 3 is 2.50 bits per heavy atom. The number of carbonyl (C=O) groups excluding carboxylic acids is 1. The quantitative estimate of drug-likeness (QED) is 0.851. The number of aromatic nitrogens is 1. The summed E-state index contributed by atoms with van der Waals surface area (Å²) in [6, 6.07) is -0.480. The molecule has 1 rings (SSSR count). The first kappa shape index (κ1) is 14.2. The molecular weight excluding hydrogens is 236 g/mol. The van der Waals surface area contributed by atoms with E-state index < -0.39 is 17.9 Å². The van der Waals surface area contributed by atoms with Gasteiger partial charge in [0, 0.05) is 6.04 Å². The van der Waals surface area contributed by atoms with Gasteiger partial charge in [0.05, 0.1) is 12.1 Å². The fourth-order valence-corrected chi connectivity index (χ4v) is 1.49. The van der Waals surface area contributed by atoms with E-state index in [0.29, 0.717) is 5.69 Å². The third-order valence-corrected chi connectivity index (χ3v) is 2.68.